The highest BCUT2D eigenvalue weighted by atomic mass is 16.5. The highest BCUT2D eigenvalue weighted by molar-refractivity contribution is 5.69. The molecule has 94 valence electrons. The SMILES string of the molecule is COc1cccc(-c2cnoc2CCC(=O)O)c1. The van der Waals surface area contributed by atoms with Gasteiger partial charge in [0.1, 0.15) is 11.5 Å². The number of hydrogen-bond donors (Lipinski definition) is 1. The summed E-state index contributed by atoms with van der Waals surface area (Å²) in [6.07, 6.45) is 1.93. The number of aliphatic carboxylic acids is 1. The molecule has 0 unspecified atom stereocenters. The molecule has 2 rings (SSSR count). The first-order valence-corrected chi connectivity index (χ1v) is 5.50. The van der Waals surface area contributed by atoms with E-state index in [1.54, 1.807) is 13.3 Å². The zero-order valence-corrected chi connectivity index (χ0v) is 9.92. The van der Waals surface area contributed by atoms with Gasteiger partial charge in [-0.15, -0.1) is 0 Å². The first kappa shape index (κ1) is 12.2. The van der Waals surface area contributed by atoms with E-state index in [9.17, 15) is 4.79 Å². The maximum absolute atomic E-state index is 10.6. The number of carboxylic acid groups (broad SMARTS) is 1. The second-order valence-corrected chi connectivity index (χ2v) is 3.79. The smallest absolute Gasteiger partial charge is 0.303 e. The van der Waals surface area contributed by atoms with E-state index in [4.69, 9.17) is 14.4 Å². The second kappa shape index (κ2) is 5.35. The summed E-state index contributed by atoms with van der Waals surface area (Å²) in [5, 5.41) is 12.4. The van der Waals surface area contributed by atoms with E-state index < -0.39 is 5.97 Å². The molecular weight excluding hydrogens is 234 g/mol. The minimum atomic E-state index is -0.858. The van der Waals surface area contributed by atoms with E-state index in [0.717, 1.165) is 16.9 Å². The fourth-order valence-electron chi connectivity index (χ4n) is 1.69. The van der Waals surface area contributed by atoms with Crippen LogP contribution in [0.15, 0.2) is 35.0 Å². The third-order valence-corrected chi connectivity index (χ3v) is 2.59. The third kappa shape index (κ3) is 2.68. The van der Waals surface area contributed by atoms with Gasteiger partial charge >= 0.3 is 5.97 Å². The molecule has 1 aromatic heterocycles. The molecule has 5 heteroatoms. The quantitative estimate of drug-likeness (QED) is 0.878. The van der Waals surface area contributed by atoms with E-state index in [1.165, 1.54) is 0 Å². The predicted molar refractivity (Wildman–Crippen MR) is 64.4 cm³/mol. The van der Waals surface area contributed by atoms with Crippen molar-refractivity contribution in [3.63, 3.8) is 0 Å². The summed E-state index contributed by atoms with van der Waals surface area (Å²) in [4.78, 5) is 10.6. The van der Waals surface area contributed by atoms with Crippen LogP contribution in [0.1, 0.15) is 12.2 Å². The first-order valence-electron chi connectivity index (χ1n) is 5.50. The van der Waals surface area contributed by atoms with Crippen LogP contribution in [0, 0.1) is 0 Å². The van der Waals surface area contributed by atoms with Crippen LogP contribution in [0.25, 0.3) is 11.1 Å². The molecule has 5 nitrogen and oxygen atoms in total. The van der Waals surface area contributed by atoms with E-state index >= 15 is 0 Å². The summed E-state index contributed by atoms with van der Waals surface area (Å²) >= 11 is 0. The Balaban J connectivity index is 2.27. The minimum absolute atomic E-state index is 0.0200. The van der Waals surface area contributed by atoms with Crippen LogP contribution in [0.3, 0.4) is 0 Å². The molecule has 0 aliphatic rings. The van der Waals surface area contributed by atoms with Crippen molar-refractivity contribution in [2.45, 2.75) is 12.8 Å². The van der Waals surface area contributed by atoms with E-state index in [2.05, 4.69) is 5.16 Å². The lowest BCUT2D eigenvalue weighted by Crippen LogP contribution is -1.97. The molecule has 0 saturated carbocycles. The number of benzene rings is 1. The summed E-state index contributed by atoms with van der Waals surface area (Å²) < 4.78 is 10.2. The van der Waals surface area contributed by atoms with Gasteiger partial charge in [0.05, 0.1) is 19.7 Å². The molecule has 0 aliphatic heterocycles. The maximum atomic E-state index is 10.6. The van der Waals surface area contributed by atoms with Gasteiger partial charge in [-0.25, -0.2) is 0 Å². The molecule has 1 heterocycles. The lowest BCUT2D eigenvalue weighted by molar-refractivity contribution is -0.137. The number of aromatic nitrogens is 1. The number of hydrogen-bond acceptors (Lipinski definition) is 4. The average Bonchev–Trinajstić information content (AvgIpc) is 2.84. The molecule has 1 N–H and O–H groups in total. The van der Waals surface area contributed by atoms with Crippen LogP contribution in [0.4, 0.5) is 0 Å². The Labute approximate surface area is 104 Å². The Bertz CT molecular complexity index is 547. The monoisotopic (exact) mass is 247 g/mol. The second-order valence-electron chi connectivity index (χ2n) is 3.79. The van der Waals surface area contributed by atoms with Gasteiger partial charge in [0, 0.05) is 12.0 Å². The highest BCUT2D eigenvalue weighted by Gasteiger charge is 2.12. The molecule has 2 aromatic rings. The number of carbonyl (C=O) groups is 1. The van der Waals surface area contributed by atoms with Gasteiger partial charge in [-0.2, -0.15) is 0 Å². The summed E-state index contributed by atoms with van der Waals surface area (Å²) in [6.45, 7) is 0. The standard InChI is InChI=1S/C13H13NO4/c1-17-10-4-2-3-9(7-10)11-8-14-18-12(11)5-6-13(15)16/h2-4,7-8H,5-6H2,1H3,(H,15,16). The first-order chi connectivity index (χ1) is 8.70. The molecule has 0 fully saturated rings. The van der Waals surface area contributed by atoms with Crippen molar-refractivity contribution in [1.82, 2.24) is 5.16 Å². The van der Waals surface area contributed by atoms with Crippen LogP contribution >= 0.6 is 0 Å². The van der Waals surface area contributed by atoms with Crippen LogP contribution in [0.5, 0.6) is 5.75 Å². The third-order valence-electron chi connectivity index (χ3n) is 2.59. The number of methoxy groups -OCH3 is 1. The van der Waals surface area contributed by atoms with Crippen molar-refractivity contribution < 1.29 is 19.2 Å². The molecule has 0 radical (unpaired) electrons. The number of ether oxygens (including phenoxy) is 1. The number of aryl methyl sites for hydroxylation is 1. The van der Waals surface area contributed by atoms with Crippen LogP contribution in [0.2, 0.25) is 0 Å². The molecule has 1 aromatic carbocycles. The minimum Gasteiger partial charge on any atom is -0.497 e. The van der Waals surface area contributed by atoms with Crippen molar-refractivity contribution in [1.29, 1.82) is 0 Å². The van der Waals surface area contributed by atoms with Gasteiger partial charge < -0.3 is 14.4 Å². The molecule has 0 spiro atoms. The molecule has 0 bridgehead atoms. The zero-order chi connectivity index (χ0) is 13.0. The average molecular weight is 247 g/mol. The molecule has 18 heavy (non-hydrogen) atoms. The maximum Gasteiger partial charge on any atom is 0.303 e. The number of carboxylic acids is 1. The zero-order valence-electron chi connectivity index (χ0n) is 9.92. The Morgan fingerprint density at radius 2 is 2.33 bits per heavy atom. The topological polar surface area (TPSA) is 72.6 Å². The van der Waals surface area contributed by atoms with Gasteiger partial charge in [-0.3, -0.25) is 4.79 Å². The summed E-state index contributed by atoms with van der Waals surface area (Å²) in [5.74, 6) is 0.450. The van der Waals surface area contributed by atoms with Crippen molar-refractivity contribution in [3.05, 3.63) is 36.2 Å². The van der Waals surface area contributed by atoms with Gasteiger partial charge in [0.15, 0.2) is 0 Å². The molecule has 0 aliphatic carbocycles. The summed E-state index contributed by atoms with van der Waals surface area (Å²) in [7, 11) is 1.60. The van der Waals surface area contributed by atoms with Gasteiger partial charge in [-0.05, 0) is 17.7 Å². The van der Waals surface area contributed by atoms with Crippen LogP contribution < -0.4 is 4.74 Å². The number of rotatable bonds is 5. The largest absolute Gasteiger partial charge is 0.497 e. The van der Waals surface area contributed by atoms with Crippen LogP contribution in [-0.4, -0.2) is 23.3 Å². The molecule has 0 amide bonds. The Morgan fingerprint density at radius 1 is 1.50 bits per heavy atom. The summed E-state index contributed by atoms with van der Waals surface area (Å²) in [6, 6.07) is 7.46. The van der Waals surface area contributed by atoms with Crippen molar-refractivity contribution >= 4 is 5.97 Å². The lowest BCUT2D eigenvalue weighted by Gasteiger charge is -2.03. The molecule has 0 atom stereocenters. The highest BCUT2D eigenvalue weighted by Crippen LogP contribution is 2.27. The lowest BCUT2D eigenvalue weighted by atomic mass is 10.0. The van der Waals surface area contributed by atoms with Gasteiger partial charge in [0.25, 0.3) is 0 Å². The Hall–Kier alpha value is -2.30. The number of nitrogens with zero attached hydrogens (tertiary/aromatic N) is 1. The van der Waals surface area contributed by atoms with Crippen LogP contribution in [-0.2, 0) is 11.2 Å². The summed E-state index contributed by atoms with van der Waals surface area (Å²) in [5.41, 5.74) is 1.70. The van der Waals surface area contributed by atoms with E-state index in [0.29, 0.717) is 12.2 Å². The van der Waals surface area contributed by atoms with E-state index in [1.807, 2.05) is 24.3 Å². The van der Waals surface area contributed by atoms with E-state index in [-0.39, 0.29) is 6.42 Å². The Morgan fingerprint density at radius 3 is 3.06 bits per heavy atom. The Kier molecular flexibility index (Phi) is 3.62. The van der Waals surface area contributed by atoms with Crippen molar-refractivity contribution in [2.75, 3.05) is 7.11 Å². The van der Waals surface area contributed by atoms with Gasteiger partial charge in [-0.1, -0.05) is 17.3 Å². The molecular formula is C13H13NO4. The van der Waals surface area contributed by atoms with Crippen molar-refractivity contribution in [2.24, 2.45) is 0 Å². The molecule has 0 saturated heterocycles. The fraction of sp³-hybridized carbons (Fsp3) is 0.231. The normalized spacial score (nSPS) is 10.3. The predicted octanol–water partition coefficient (Wildman–Crippen LogP) is 2.37. The fourth-order valence-corrected chi connectivity index (χ4v) is 1.69. The van der Waals surface area contributed by atoms with Crippen molar-refractivity contribution in [3.8, 4) is 16.9 Å². The van der Waals surface area contributed by atoms with Gasteiger partial charge in [0.2, 0.25) is 0 Å².